The van der Waals surface area contributed by atoms with Crippen molar-refractivity contribution in [2.24, 2.45) is 0 Å². The minimum absolute atomic E-state index is 0.0192. The number of halogens is 3. The summed E-state index contributed by atoms with van der Waals surface area (Å²) in [4.78, 5) is 25.1. The number of fused-ring (bicyclic) bond motifs is 3. The number of carbonyl (C=O) groups is 2. The van der Waals surface area contributed by atoms with Gasteiger partial charge in [0.05, 0.1) is 16.6 Å². The van der Waals surface area contributed by atoms with Crippen LogP contribution in [0.1, 0.15) is 28.0 Å². The number of carbonyl (C=O) groups excluding carboxylic acids is 2. The van der Waals surface area contributed by atoms with Crippen molar-refractivity contribution in [3.05, 3.63) is 69.1 Å². The van der Waals surface area contributed by atoms with Crippen molar-refractivity contribution in [2.45, 2.75) is 32.0 Å². The Morgan fingerprint density at radius 2 is 2.03 bits per heavy atom. The van der Waals surface area contributed by atoms with Crippen molar-refractivity contribution in [2.75, 3.05) is 13.6 Å². The highest BCUT2D eigenvalue weighted by Crippen LogP contribution is 2.31. The Bertz CT molecular complexity index is 1190. The number of nitrogens with one attached hydrogen (secondary N) is 3. The van der Waals surface area contributed by atoms with Gasteiger partial charge in [0.15, 0.2) is 0 Å². The van der Waals surface area contributed by atoms with E-state index in [1.165, 1.54) is 17.7 Å². The van der Waals surface area contributed by atoms with Crippen molar-refractivity contribution in [3.8, 4) is 0 Å². The molecule has 1 aliphatic heterocycles. The number of amides is 2. The normalized spacial score (nSPS) is 14.1. The van der Waals surface area contributed by atoms with E-state index in [0.29, 0.717) is 11.6 Å². The standard InChI is InChI=1S/C23H23Cl2FN4O2/c1-27-22(31)10-15(29-23(32)16-4-3-14(26)9-19(16)25)12-30-20-5-2-13(24)8-17(20)18-11-28-7-6-21(18)30/h2-5,8-9,15,28H,6-7,10-12H2,1H3,(H,27,31)(H,29,32). The third-order valence-electron chi connectivity index (χ3n) is 5.71. The van der Waals surface area contributed by atoms with Gasteiger partial charge in [-0.3, -0.25) is 9.59 Å². The van der Waals surface area contributed by atoms with Crippen LogP contribution in [0.15, 0.2) is 36.4 Å². The van der Waals surface area contributed by atoms with Crippen LogP contribution in [-0.4, -0.2) is 36.0 Å². The number of aromatic nitrogens is 1. The van der Waals surface area contributed by atoms with Gasteiger partial charge in [0.25, 0.3) is 5.91 Å². The Kier molecular flexibility index (Phi) is 6.69. The number of hydrogen-bond acceptors (Lipinski definition) is 3. The zero-order chi connectivity index (χ0) is 22.8. The molecule has 2 aromatic carbocycles. The molecule has 1 atom stereocenters. The molecule has 0 aliphatic carbocycles. The van der Waals surface area contributed by atoms with Crippen LogP contribution in [0.3, 0.4) is 0 Å². The molecule has 0 saturated carbocycles. The molecule has 0 spiro atoms. The fraction of sp³-hybridized carbons (Fsp3) is 0.304. The molecule has 2 heterocycles. The predicted octanol–water partition coefficient (Wildman–Crippen LogP) is 3.67. The molecule has 1 unspecified atom stereocenters. The van der Waals surface area contributed by atoms with E-state index in [1.807, 2.05) is 18.2 Å². The molecule has 4 rings (SSSR count). The van der Waals surface area contributed by atoms with E-state index >= 15 is 0 Å². The Labute approximate surface area is 195 Å². The minimum Gasteiger partial charge on any atom is -0.359 e. The zero-order valence-corrected chi connectivity index (χ0v) is 19.0. The van der Waals surface area contributed by atoms with Gasteiger partial charge in [0.1, 0.15) is 5.82 Å². The predicted molar refractivity (Wildman–Crippen MR) is 124 cm³/mol. The zero-order valence-electron chi connectivity index (χ0n) is 17.5. The molecule has 1 aromatic heterocycles. The summed E-state index contributed by atoms with van der Waals surface area (Å²) in [7, 11) is 1.55. The Morgan fingerprint density at radius 3 is 2.78 bits per heavy atom. The Hall–Kier alpha value is -2.61. The van der Waals surface area contributed by atoms with Crippen LogP contribution in [0.2, 0.25) is 10.0 Å². The molecule has 6 nitrogen and oxygen atoms in total. The maximum Gasteiger partial charge on any atom is 0.253 e. The quantitative estimate of drug-likeness (QED) is 0.507. The highest BCUT2D eigenvalue weighted by Gasteiger charge is 2.25. The molecule has 32 heavy (non-hydrogen) atoms. The lowest BCUT2D eigenvalue weighted by molar-refractivity contribution is -0.121. The molecular weight excluding hydrogens is 454 g/mol. The van der Waals surface area contributed by atoms with Crippen molar-refractivity contribution in [1.82, 2.24) is 20.5 Å². The summed E-state index contributed by atoms with van der Waals surface area (Å²) in [5.41, 5.74) is 3.50. The molecule has 0 fully saturated rings. The molecular formula is C23H23Cl2FN4O2. The van der Waals surface area contributed by atoms with E-state index in [0.717, 1.165) is 42.2 Å². The lowest BCUT2D eigenvalue weighted by Crippen LogP contribution is -2.42. The van der Waals surface area contributed by atoms with Gasteiger partial charge in [-0.25, -0.2) is 4.39 Å². The van der Waals surface area contributed by atoms with Gasteiger partial charge in [0.2, 0.25) is 5.91 Å². The number of nitrogens with zero attached hydrogens (tertiary/aromatic N) is 1. The first-order valence-corrected chi connectivity index (χ1v) is 11.1. The van der Waals surface area contributed by atoms with E-state index < -0.39 is 17.8 Å². The Morgan fingerprint density at radius 1 is 1.22 bits per heavy atom. The van der Waals surface area contributed by atoms with Crippen molar-refractivity contribution < 1.29 is 14.0 Å². The van der Waals surface area contributed by atoms with Crippen LogP contribution in [0.5, 0.6) is 0 Å². The first-order valence-electron chi connectivity index (χ1n) is 10.3. The van der Waals surface area contributed by atoms with Crippen LogP contribution in [-0.2, 0) is 24.3 Å². The van der Waals surface area contributed by atoms with E-state index in [4.69, 9.17) is 23.2 Å². The first-order chi connectivity index (χ1) is 15.4. The number of hydrogen-bond donors (Lipinski definition) is 3. The number of benzene rings is 2. The van der Waals surface area contributed by atoms with Gasteiger partial charge in [-0.1, -0.05) is 23.2 Å². The van der Waals surface area contributed by atoms with Crippen LogP contribution in [0.25, 0.3) is 10.9 Å². The molecule has 0 bridgehead atoms. The molecule has 2 amide bonds. The largest absolute Gasteiger partial charge is 0.359 e. The summed E-state index contributed by atoms with van der Waals surface area (Å²) in [5.74, 6) is -1.18. The minimum atomic E-state index is -0.522. The lowest BCUT2D eigenvalue weighted by atomic mass is 10.1. The summed E-state index contributed by atoms with van der Waals surface area (Å²) in [6, 6.07) is 8.86. The highest BCUT2D eigenvalue weighted by molar-refractivity contribution is 6.33. The maximum atomic E-state index is 13.4. The highest BCUT2D eigenvalue weighted by atomic mass is 35.5. The fourth-order valence-corrected chi connectivity index (χ4v) is 4.63. The summed E-state index contributed by atoms with van der Waals surface area (Å²) in [6.07, 6.45) is 0.910. The van der Waals surface area contributed by atoms with E-state index in [-0.39, 0.29) is 22.9 Å². The molecule has 0 saturated heterocycles. The van der Waals surface area contributed by atoms with Crippen LogP contribution >= 0.6 is 23.2 Å². The maximum absolute atomic E-state index is 13.4. The van der Waals surface area contributed by atoms with Gasteiger partial charge in [-0.15, -0.1) is 0 Å². The number of rotatable bonds is 6. The second-order valence-corrected chi connectivity index (χ2v) is 8.64. The van der Waals surface area contributed by atoms with Crippen molar-refractivity contribution in [3.63, 3.8) is 0 Å². The van der Waals surface area contributed by atoms with Crippen molar-refractivity contribution in [1.29, 1.82) is 0 Å². The molecule has 1 aliphatic rings. The van der Waals surface area contributed by atoms with Crippen LogP contribution < -0.4 is 16.0 Å². The third kappa shape index (κ3) is 4.60. The summed E-state index contributed by atoms with van der Waals surface area (Å²) < 4.78 is 15.5. The average molecular weight is 477 g/mol. The van der Waals surface area contributed by atoms with Crippen LogP contribution in [0.4, 0.5) is 4.39 Å². The van der Waals surface area contributed by atoms with Crippen LogP contribution in [0, 0.1) is 5.82 Å². The van der Waals surface area contributed by atoms with Gasteiger partial charge in [-0.05, 0) is 42.0 Å². The molecule has 3 aromatic rings. The SMILES string of the molecule is CNC(=O)CC(Cn1c2c(c3cc(Cl)ccc31)CNCC2)NC(=O)c1ccc(F)cc1Cl. The van der Waals surface area contributed by atoms with E-state index in [9.17, 15) is 14.0 Å². The first kappa shape index (κ1) is 22.6. The van der Waals surface area contributed by atoms with Crippen molar-refractivity contribution >= 4 is 45.9 Å². The Balaban J connectivity index is 1.68. The summed E-state index contributed by atoms with van der Waals surface area (Å²) in [6.45, 7) is 1.97. The molecule has 0 radical (unpaired) electrons. The monoisotopic (exact) mass is 476 g/mol. The van der Waals surface area contributed by atoms with E-state index in [2.05, 4.69) is 20.5 Å². The third-order valence-corrected chi connectivity index (χ3v) is 6.26. The van der Waals surface area contributed by atoms with Gasteiger partial charge in [-0.2, -0.15) is 0 Å². The lowest BCUT2D eigenvalue weighted by Gasteiger charge is -2.23. The second kappa shape index (κ2) is 9.48. The van der Waals surface area contributed by atoms with Gasteiger partial charge >= 0.3 is 0 Å². The summed E-state index contributed by atoms with van der Waals surface area (Å²) in [5, 5.41) is 10.6. The fourth-order valence-electron chi connectivity index (χ4n) is 4.21. The second-order valence-electron chi connectivity index (χ2n) is 7.80. The van der Waals surface area contributed by atoms with E-state index in [1.54, 1.807) is 7.05 Å². The van der Waals surface area contributed by atoms with Gasteiger partial charge in [0, 0.05) is 61.1 Å². The topological polar surface area (TPSA) is 75.2 Å². The average Bonchev–Trinajstić information content (AvgIpc) is 3.06. The summed E-state index contributed by atoms with van der Waals surface area (Å²) >= 11 is 12.3. The molecule has 168 valence electrons. The molecule has 3 N–H and O–H groups in total. The molecule has 9 heteroatoms. The van der Waals surface area contributed by atoms with Gasteiger partial charge < -0.3 is 20.5 Å². The smallest absolute Gasteiger partial charge is 0.253 e.